The summed E-state index contributed by atoms with van der Waals surface area (Å²) in [5.74, 6) is 0.758. The fourth-order valence-corrected chi connectivity index (χ4v) is 1.55. The second-order valence-corrected chi connectivity index (χ2v) is 3.69. The molecule has 0 radical (unpaired) electrons. The molecular weight excluding hydrogens is 200 g/mol. The van der Waals surface area contributed by atoms with Crippen LogP contribution in [0.4, 0.5) is 0 Å². The number of carbonyl (C=O) groups excluding carboxylic acids is 1. The van der Waals surface area contributed by atoms with Crippen molar-refractivity contribution in [2.24, 2.45) is 0 Å². The molecule has 0 aliphatic carbocycles. The van der Waals surface area contributed by atoms with Crippen LogP contribution in [-0.2, 0) is 6.42 Å². The first-order valence-corrected chi connectivity index (χ1v) is 5.57. The van der Waals surface area contributed by atoms with Crippen LogP contribution < -0.4 is 4.74 Å². The van der Waals surface area contributed by atoms with Gasteiger partial charge in [-0.3, -0.25) is 4.79 Å². The maximum atomic E-state index is 11.5. The van der Waals surface area contributed by atoms with Crippen LogP contribution in [-0.4, -0.2) is 12.4 Å². The number of ketones is 1. The molecule has 1 rings (SSSR count). The van der Waals surface area contributed by atoms with E-state index in [4.69, 9.17) is 4.74 Å². The summed E-state index contributed by atoms with van der Waals surface area (Å²) in [4.78, 5) is 11.5. The molecule has 1 aromatic carbocycles. The Labute approximate surface area is 96.9 Å². The van der Waals surface area contributed by atoms with Crippen molar-refractivity contribution in [1.82, 2.24) is 0 Å². The molecule has 0 unspecified atom stereocenters. The van der Waals surface area contributed by atoms with Gasteiger partial charge in [-0.2, -0.15) is 0 Å². The van der Waals surface area contributed by atoms with Crippen LogP contribution in [0.1, 0.15) is 36.2 Å². The van der Waals surface area contributed by atoms with Crippen molar-refractivity contribution in [3.8, 4) is 5.75 Å². The molecular formula is C14H18O2. The summed E-state index contributed by atoms with van der Waals surface area (Å²) < 4.78 is 5.66. The number of Topliss-reactive ketones (excluding diaryl/α,β-unsaturated/α-hetero) is 1. The van der Waals surface area contributed by atoms with Gasteiger partial charge in [0.15, 0.2) is 5.78 Å². The maximum Gasteiger partial charge on any atom is 0.163 e. The zero-order chi connectivity index (χ0) is 12.0. The summed E-state index contributed by atoms with van der Waals surface area (Å²) in [5, 5.41) is 0. The summed E-state index contributed by atoms with van der Waals surface area (Å²) in [5.41, 5.74) is 1.68. The highest BCUT2D eigenvalue weighted by molar-refractivity contribution is 5.97. The summed E-state index contributed by atoms with van der Waals surface area (Å²) in [6.07, 6.45) is 3.47. The minimum atomic E-state index is 0.0389. The molecule has 1 aromatic rings. The SMILES string of the molecule is C=CCc1cccc(C(C)=O)c1OCCC. The molecule has 0 aliphatic rings. The Bertz CT molecular complexity index is 380. The van der Waals surface area contributed by atoms with Crippen LogP contribution in [0.15, 0.2) is 30.9 Å². The van der Waals surface area contributed by atoms with Gasteiger partial charge in [0.25, 0.3) is 0 Å². The molecule has 0 spiro atoms. The number of hydrogen-bond acceptors (Lipinski definition) is 2. The standard InChI is InChI=1S/C14H18O2/c1-4-7-12-8-6-9-13(11(3)15)14(12)16-10-5-2/h4,6,8-9H,1,5,7,10H2,2-3H3. The summed E-state index contributed by atoms with van der Waals surface area (Å²) in [6, 6.07) is 5.66. The van der Waals surface area contributed by atoms with E-state index in [-0.39, 0.29) is 5.78 Å². The average molecular weight is 218 g/mol. The lowest BCUT2D eigenvalue weighted by atomic mass is 10.0. The molecule has 0 saturated carbocycles. The first kappa shape index (κ1) is 12.5. The van der Waals surface area contributed by atoms with Crippen molar-refractivity contribution in [3.63, 3.8) is 0 Å². The second-order valence-electron chi connectivity index (χ2n) is 3.69. The van der Waals surface area contributed by atoms with Gasteiger partial charge < -0.3 is 4.74 Å². The Hall–Kier alpha value is -1.57. The van der Waals surface area contributed by atoms with Crippen LogP contribution in [0.25, 0.3) is 0 Å². The van der Waals surface area contributed by atoms with Gasteiger partial charge in [-0.15, -0.1) is 6.58 Å². The first-order chi connectivity index (χ1) is 7.70. The van der Waals surface area contributed by atoms with E-state index in [2.05, 4.69) is 6.58 Å². The average Bonchev–Trinajstić information content (AvgIpc) is 2.27. The van der Waals surface area contributed by atoms with E-state index in [0.29, 0.717) is 12.2 Å². The highest BCUT2D eigenvalue weighted by atomic mass is 16.5. The molecule has 0 amide bonds. The summed E-state index contributed by atoms with van der Waals surface area (Å²) in [6.45, 7) is 7.95. The number of carbonyl (C=O) groups is 1. The Morgan fingerprint density at radius 3 is 2.81 bits per heavy atom. The Morgan fingerprint density at radius 2 is 2.25 bits per heavy atom. The quantitative estimate of drug-likeness (QED) is 0.540. The van der Waals surface area contributed by atoms with Gasteiger partial charge in [0, 0.05) is 0 Å². The van der Waals surface area contributed by atoms with Crippen LogP contribution >= 0.6 is 0 Å². The largest absolute Gasteiger partial charge is 0.493 e. The predicted octanol–water partition coefficient (Wildman–Crippen LogP) is 3.41. The smallest absolute Gasteiger partial charge is 0.163 e. The van der Waals surface area contributed by atoms with Crippen molar-refractivity contribution >= 4 is 5.78 Å². The van der Waals surface area contributed by atoms with Crippen LogP contribution in [0.2, 0.25) is 0 Å². The predicted molar refractivity (Wildman–Crippen MR) is 66.1 cm³/mol. The third-order valence-electron chi connectivity index (χ3n) is 2.29. The fourth-order valence-electron chi connectivity index (χ4n) is 1.55. The normalized spacial score (nSPS) is 9.88. The molecule has 0 saturated heterocycles. The van der Waals surface area contributed by atoms with Crippen molar-refractivity contribution in [1.29, 1.82) is 0 Å². The Balaban J connectivity index is 3.11. The summed E-state index contributed by atoms with van der Waals surface area (Å²) >= 11 is 0. The van der Waals surface area contributed by atoms with E-state index < -0.39 is 0 Å². The fraction of sp³-hybridized carbons (Fsp3) is 0.357. The second kappa shape index (κ2) is 6.11. The third-order valence-corrected chi connectivity index (χ3v) is 2.29. The molecule has 0 aliphatic heterocycles. The van der Waals surface area contributed by atoms with E-state index in [1.54, 1.807) is 13.0 Å². The van der Waals surface area contributed by atoms with E-state index in [1.165, 1.54) is 0 Å². The van der Waals surface area contributed by atoms with E-state index >= 15 is 0 Å². The maximum absolute atomic E-state index is 11.5. The van der Waals surface area contributed by atoms with Gasteiger partial charge in [-0.25, -0.2) is 0 Å². The number of ether oxygens (including phenoxy) is 1. The van der Waals surface area contributed by atoms with Crippen LogP contribution in [0.5, 0.6) is 5.75 Å². The zero-order valence-electron chi connectivity index (χ0n) is 9.95. The van der Waals surface area contributed by atoms with Gasteiger partial charge in [0.05, 0.1) is 12.2 Å². The molecule has 0 atom stereocenters. The molecule has 0 heterocycles. The lowest BCUT2D eigenvalue weighted by molar-refractivity contribution is 0.101. The zero-order valence-corrected chi connectivity index (χ0v) is 9.95. The summed E-state index contributed by atoms with van der Waals surface area (Å²) in [7, 11) is 0. The van der Waals surface area contributed by atoms with E-state index in [9.17, 15) is 4.79 Å². The first-order valence-electron chi connectivity index (χ1n) is 5.57. The lowest BCUT2D eigenvalue weighted by Crippen LogP contribution is -2.05. The lowest BCUT2D eigenvalue weighted by Gasteiger charge is -2.13. The van der Waals surface area contributed by atoms with E-state index in [1.807, 2.05) is 25.1 Å². The van der Waals surface area contributed by atoms with Gasteiger partial charge >= 0.3 is 0 Å². The van der Waals surface area contributed by atoms with Crippen molar-refractivity contribution < 1.29 is 9.53 Å². The number of rotatable bonds is 6. The third kappa shape index (κ3) is 2.96. The minimum Gasteiger partial charge on any atom is -0.493 e. The molecule has 2 nitrogen and oxygen atoms in total. The van der Waals surface area contributed by atoms with Gasteiger partial charge in [-0.05, 0) is 31.4 Å². The van der Waals surface area contributed by atoms with Crippen LogP contribution in [0.3, 0.4) is 0 Å². The van der Waals surface area contributed by atoms with Crippen molar-refractivity contribution in [2.75, 3.05) is 6.61 Å². The van der Waals surface area contributed by atoms with Gasteiger partial charge in [-0.1, -0.05) is 25.1 Å². The van der Waals surface area contributed by atoms with Crippen molar-refractivity contribution in [2.45, 2.75) is 26.7 Å². The molecule has 0 fully saturated rings. The topological polar surface area (TPSA) is 26.3 Å². The molecule has 0 bridgehead atoms. The number of para-hydroxylation sites is 1. The molecule has 16 heavy (non-hydrogen) atoms. The number of hydrogen-bond donors (Lipinski definition) is 0. The minimum absolute atomic E-state index is 0.0389. The van der Waals surface area contributed by atoms with Crippen LogP contribution in [0, 0.1) is 0 Å². The highest BCUT2D eigenvalue weighted by Crippen LogP contribution is 2.25. The molecule has 0 N–H and O–H groups in total. The van der Waals surface area contributed by atoms with Crippen molar-refractivity contribution in [3.05, 3.63) is 42.0 Å². The molecule has 86 valence electrons. The molecule has 2 heteroatoms. The highest BCUT2D eigenvalue weighted by Gasteiger charge is 2.11. The number of allylic oxidation sites excluding steroid dienone is 1. The van der Waals surface area contributed by atoms with Gasteiger partial charge in [0.1, 0.15) is 5.75 Å². The van der Waals surface area contributed by atoms with E-state index in [0.717, 1.165) is 24.2 Å². The molecule has 0 aromatic heterocycles. The Morgan fingerprint density at radius 1 is 1.50 bits per heavy atom. The van der Waals surface area contributed by atoms with Gasteiger partial charge in [0.2, 0.25) is 0 Å². The monoisotopic (exact) mass is 218 g/mol. The number of benzene rings is 1. The Kier molecular flexibility index (Phi) is 4.77.